The molecule has 0 N–H and O–H groups in total. The maximum Gasteiger partial charge on any atom is 0.199 e. The summed E-state index contributed by atoms with van der Waals surface area (Å²) in [5, 5.41) is 0. The summed E-state index contributed by atoms with van der Waals surface area (Å²) >= 11 is 0. The molecule has 3 rings (SSSR count). The van der Waals surface area contributed by atoms with E-state index in [9.17, 15) is 4.79 Å². The number of benzene rings is 2. The van der Waals surface area contributed by atoms with Crippen LogP contribution in [0.4, 0.5) is 0 Å². The van der Waals surface area contributed by atoms with E-state index in [1.165, 1.54) is 0 Å². The van der Waals surface area contributed by atoms with Gasteiger partial charge in [0.2, 0.25) is 0 Å². The molecule has 1 atom stereocenters. The molecule has 1 heterocycles. The molecule has 0 aromatic heterocycles. The lowest BCUT2D eigenvalue weighted by Crippen LogP contribution is -2.24. The molecule has 21 heavy (non-hydrogen) atoms. The summed E-state index contributed by atoms with van der Waals surface area (Å²) in [4.78, 5) is 12.3. The molecule has 3 nitrogen and oxygen atoms in total. The summed E-state index contributed by atoms with van der Waals surface area (Å²) in [6.45, 7) is 0.759. The molecule has 108 valence electrons. The van der Waals surface area contributed by atoms with E-state index in [-0.39, 0.29) is 12.1 Å². The van der Waals surface area contributed by atoms with E-state index in [0.717, 1.165) is 31.6 Å². The number of carbonyl (C=O) groups excluding carboxylic acids is 1. The number of carbonyl (C=O) groups is 1. The largest absolute Gasteiger partial charge is 0.465 e. The normalized spacial score (nSPS) is 18.2. The number of rotatable bonds is 4. The summed E-state index contributed by atoms with van der Waals surface area (Å²) in [5.41, 5.74) is 1.36. The van der Waals surface area contributed by atoms with Gasteiger partial charge in [-0.1, -0.05) is 30.3 Å². The molecule has 0 saturated carbocycles. The Morgan fingerprint density at radius 3 is 2.33 bits per heavy atom. The summed E-state index contributed by atoms with van der Waals surface area (Å²) in [6.07, 6.45) is 3.00. The van der Waals surface area contributed by atoms with E-state index in [4.69, 9.17) is 9.47 Å². The summed E-state index contributed by atoms with van der Waals surface area (Å²) in [5.74, 6) is 0.766. The van der Waals surface area contributed by atoms with Crippen LogP contribution in [0, 0.1) is 0 Å². The third-order valence-corrected chi connectivity index (χ3v) is 3.56. The second-order valence-electron chi connectivity index (χ2n) is 5.13. The molecule has 3 heteroatoms. The summed E-state index contributed by atoms with van der Waals surface area (Å²) < 4.78 is 11.3. The van der Waals surface area contributed by atoms with Crippen LogP contribution in [-0.4, -0.2) is 18.7 Å². The van der Waals surface area contributed by atoms with Crippen LogP contribution in [0.5, 0.6) is 5.75 Å². The third kappa shape index (κ3) is 3.50. The van der Waals surface area contributed by atoms with Crippen molar-refractivity contribution in [3.63, 3.8) is 0 Å². The Labute approximate surface area is 124 Å². The van der Waals surface area contributed by atoms with Crippen LogP contribution in [0.2, 0.25) is 0 Å². The standard InChI is InChI=1S/C18H18O3/c19-18(14-6-2-1-3-7-14)15-9-11-16(12-10-15)21-17-8-4-5-13-20-17/h1-3,6-7,9-12,17H,4-5,8,13H2. The van der Waals surface area contributed by atoms with Gasteiger partial charge in [-0.3, -0.25) is 4.79 Å². The molecule has 0 radical (unpaired) electrons. The Morgan fingerprint density at radius 1 is 0.952 bits per heavy atom. The van der Waals surface area contributed by atoms with Crippen LogP contribution >= 0.6 is 0 Å². The highest BCUT2D eigenvalue weighted by Gasteiger charge is 2.15. The van der Waals surface area contributed by atoms with Crippen molar-refractivity contribution in [3.8, 4) is 5.75 Å². The minimum atomic E-state index is -0.158. The van der Waals surface area contributed by atoms with Crippen molar-refractivity contribution >= 4 is 5.78 Å². The van der Waals surface area contributed by atoms with Crippen molar-refractivity contribution in [2.45, 2.75) is 25.6 Å². The SMILES string of the molecule is O=C(c1ccccc1)c1ccc(OC2CCCCO2)cc1. The molecule has 1 fully saturated rings. The molecule has 0 aliphatic carbocycles. The number of hydrogen-bond donors (Lipinski definition) is 0. The van der Waals surface area contributed by atoms with Gasteiger partial charge in [-0.25, -0.2) is 0 Å². The molecule has 0 amide bonds. The van der Waals surface area contributed by atoms with Crippen molar-refractivity contribution in [2.75, 3.05) is 6.61 Å². The van der Waals surface area contributed by atoms with Crippen LogP contribution < -0.4 is 4.74 Å². The quantitative estimate of drug-likeness (QED) is 0.800. The van der Waals surface area contributed by atoms with Crippen molar-refractivity contribution in [3.05, 3.63) is 65.7 Å². The lowest BCUT2D eigenvalue weighted by atomic mass is 10.0. The van der Waals surface area contributed by atoms with Gasteiger partial charge in [0.1, 0.15) is 5.75 Å². The first-order valence-corrected chi connectivity index (χ1v) is 7.31. The smallest absolute Gasteiger partial charge is 0.199 e. The monoisotopic (exact) mass is 282 g/mol. The van der Waals surface area contributed by atoms with Gasteiger partial charge in [0, 0.05) is 17.5 Å². The average Bonchev–Trinajstić information content (AvgIpc) is 2.57. The van der Waals surface area contributed by atoms with Crippen LogP contribution in [-0.2, 0) is 4.74 Å². The van der Waals surface area contributed by atoms with Crippen LogP contribution in [0.1, 0.15) is 35.2 Å². The fourth-order valence-corrected chi connectivity index (χ4v) is 2.40. The highest BCUT2D eigenvalue weighted by atomic mass is 16.7. The first-order chi connectivity index (χ1) is 10.3. The first-order valence-electron chi connectivity index (χ1n) is 7.31. The lowest BCUT2D eigenvalue weighted by molar-refractivity contribution is -0.105. The second-order valence-corrected chi connectivity index (χ2v) is 5.13. The topological polar surface area (TPSA) is 35.5 Å². The number of ketones is 1. The van der Waals surface area contributed by atoms with Gasteiger partial charge in [-0.15, -0.1) is 0 Å². The van der Waals surface area contributed by atoms with Crippen molar-refractivity contribution in [2.24, 2.45) is 0 Å². The number of hydrogen-bond acceptors (Lipinski definition) is 3. The van der Waals surface area contributed by atoms with Gasteiger partial charge in [0.25, 0.3) is 0 Å². The zero-order valence-electron chi connectivity index (χ0n) is 11.8. The van der Waals surface area contributed by atoms with Gasteiger partial charge in [0.15, 0.2) is 12.1 Å². The minimum absolute atomic E-state index is 0.0241. The molecule has 0 bridgehead atoms. The fourth-order valence-electron chi connectivity index (χ4n) is 2.40. The maximum absolute atomic E-state index is 12.3. The molecule has 2 aromatic carbocycles. The van der Waals surface area contributed by atoms with Gasteiger partial charge in [-0.05, 0) is 37.1 Å². The van der Waals surface area contributed by atoms with Gasteiger partial charge < -0.3 is 9.47 Å². The van der Waals surface area contributed by atoms with E-state index in [1.54, 1.807) is 12.1 Å². The van der Waals surface area contributed by atoms with Gasteiger partial charge in [-0.2, -0.15) is 0 Å². The van der Waals surface area contributed by atoms with Crippen LogP contribution in [0.3, 0.4) is 0 Å². The van der Waals surface area contributed by atoms with Crippen molar-refractivity contribution < 1.29 is 14.3 Å². The van der Waals surface area contributed by atoms with Crippen molar-refractivity contribution in [1.82, 2.24) is 0 Å². The highest BCUT2D eigenvalue weighted by Crippen LogP contribution is 2.20. The Morgan fingerprint density at radius 2 is 1.67 bits per heavy atom. The summed E-state index contributed by atoms with van der Waals surface area (Å²) in [7, 11) is 0. The molecular weight excluding hydrogens is 264 g/mol. The fraction of sp³-hybridized carbons (Fsp3) is 0.278. The van der Waals surface area contributed by atoms with E-state index in [1.807, 2.05) is 42.5 Å². The first kappa shape index (κ1) is 13.8. The Hall–Kier alpha value is -2.13. The molecule has 1 saturated heterocycles. The van der Waals surface area contributed by atoms with E-state index in [0.29, 0.717) is 11.1 Å². The zero-order valence-corrected chi connectivity index (χ0v) is 11.8. The van der Waals surface area contributed by atoms with E-state index >= 15 is 0 Å². The predicted octanol–water partition coefficient (Wildman–Crippen LogP) is 3.82. The molecule has 2 aromatic rings. The Balaban J connectivity index is 1.67. The molecule has 1 aliphatic heterocycles. The molecule has 1 aliphatic rings. The van der Waals surface area contributed by atoms with Crippen molar-refractivity contribution in [1.29, 1.82) is 0 Å². The Kier molecular flexibility index (Phi) is 4.31. The van der Waals surface area contributed by atoms with E-state index < -0.39 is 0 Å². The zero-order chi connectivity index (χ0) is 14.5. The van der Waals surface area contributed by atoms with Gasteiger partial charge >= 0.3 is 0 Å². The predicted molar refractivity (Wildman–Crippen MR) is 80.5 cm³/mol. The maximum atomic E-state index is 12.3. The molecule has 0 spiro atoms. The third-order valence-electron chi connectivity index (χ3n) is 3.56. The average molecular weight is 282 g/mol. The van der Waals surface area contributed by atoms with Gasteiger partial charge in [0.05, 0.1) is 6.61 Å². The highest BCUT2D eigenvalue weighted by molar-refractivity contribution is 6.08. The number of ether oxygens (including phenoxy) is 2. The second kappa shape index (κ2) is 6.55. The molecular formula is C18H18O3. The van der Waals surface area contributed by atoms with Crippen LogP contribution in [0.15, 0.2) is 54.6 Å². The van der Waals surface area contributed by atoms with E-state index in [2.05, 4.69) is 0 Å². The summed E-state index contributed by atoms with van der Waals surface area (Å²) in [6, 6.07) is 16.5. The lowest BCUT2D eigenvalue weighted by Gasteiger charge is -2.23. The minimum Gasteiger partial charge on any atom is -0.465 e. The Bertz CT molecular complexity index is 584. The van der Waals surface area contributed by atoms with Crippen LogP contribution in [0.25, 0.3) is 0 Å². The molecule has 1 unspecified atom stereocenters.